The largest absolute Gasteiger partial charge is 0.493 e. The number of amidine groups is 1. The first-order valence-corrected chi connectivity index (χ1v) is 10.4. The number of imide groups is 1. The highest BCUT2D eigenvalue weighted by atomic mass is 16.5. The number of hydrogen-bond acceptors (Lipinski definition) is 5. The SMILES string of the molecule is CCCCN1C2=NC(=O)N(C)C(=O)[C]2C(c2ccccc2)c2cc(OC)c(OC)cc21. The standard InChI is InChI=1S/C24H26N3O4/c1-5-6-12-27-17-14-19(31-4)18(30-3)13-16(17)20(15-10-8-7-9-11-15)21-22(27)25-24(29)26(2)23(21)28/h7-11,13-14,20H,5-6,12H2,1-4H3. The van der Waals surface area contributed by atoms with Crippen LogP contribution in [0, 0.1) is 5.92 Å². The van der Waals surface area contributed by atoms with E-state index in [-0.39, 0.29) is 11.8 Å². The summed E-state index contributed by atoms with van der Waals surface area (Å²) < 4.78 is 11.1. The van der Waals surface area contributed by atoms with Crippen LogP contribution in [0.15, 0.2) is 47.5 Å². The highest BCUT2D eigenvalue weighted by molar-refractivity contribution is 6.32. The fourth-order valence-corrected chi connectivity index (χ4v) is 4.20. The van der Waals surface area contributed by atoms with E-state index in [1.54, 1.807) is 14.2 Å². The second-order valence-corrected chi connectivity index (χ2v) is 7.61. The molecule has 2 aliphatic rings. The third-order valence-corrected chi connectivity index (χ3v) is 5.81. The zero-order chi connectivity index (χ0) is 22.1. The Kier molecular flexibility index (Phi) is 5.67. The number of unbranched alkanes of at least 4 members (excludes halogenated alkanes) is 1. The number of amides is 3. The molecule has 161 valence electrons. The van der Waals surface area contributed by atoms with E-state index in [1.807, 2.05) is 47.4 Å². The molecule has 31 heavy (non-hydrogen) atoms. The molecule has 1 radical (unpaired) electrons. The number of carbonyl (C=O) groups is 2. The maximum Gasteiger partial charge on any atom is 0.351 e. The lowest BCUT2D eigenvalue weighted by Crippen LogP contribution is -2.54. The quantitative estimate of drug-likeness (QED) is 0.706. The molecule has 2 aromatic rings. The van der Waals surface area contributed by atoms with E-state index in [1.165, 1.54) is 7.05 Å². The van der Waals surface area contributed by atoms with Crippen LogP contribution in [0.25, 0.3) is 0 Å². The van der Waals surface area contributed by atoms with Gasteiger partial charge in [-0.2, -0.15) is 4.99 Å². The maximum atomic E-state index is 13.4. The summed E-state index contributed by atoms with van der Waals surface area (Å²) in [4.78, 5) is 33.3. The molecule has 4 rings (SSSR count). The summed E-state index contributed by atoms with van der Waals surface area (Å²) in [7, 11) is 4.66. The molecular formula is C24H26N3O4. The molecule has 0 aliphatic carbocycles. The Morgan fingerprint density at radius 3 is 2.35 bits per heavy atom. The minimum absolute atomic E-state index is 0.328. The molecule has 2 aliphatic heterocycles. The van der Waals surface area contributed by atoms with Gasteiger partial charge in [0, 0.05) is 31.3 Å². The Hall–Kier alpha value is -3.35. The number of ether oxygens (including phenoxy) is 2. The van der Waals surface area contributed by atoms with Gasteiger partial charge in [0.2, 0.25) is 5.91 Å². The predicted molar refractivity (Wildman–Crippen MR) is 119 cm³/mol. The van der Waals surface area contributed by atoms with Gasteiger partial charge in [-0.3, -0.25) is 9.69 Å². The average molecular weight is 420 g/mol. The van der Waals surface area contributed by atoms with Gasteiger partial charge in [0.05, 0.1) is 14.2 Å². The summed E-state index contributed by atoms with van der Waals surface area (Å²) >= 11 is 0. The van der Waals surface area contributed by atoms with Crippen LogP contribution in [0.2, 0.25) is 0 Å². The van der Waals surface area contributed by atoms with Crippen molar-refractivity contribution in [3.8, 4) is 11.5 Å². The Labute approximate surface area is 182 Å². The first-order chi connectivity index (χ1) is 15.0. The van der Waals surface area contributed by atoms with Crippen LogP contribution < -0.4 is 14.4 Å². The number of carbonyl (C=O) groups excluding carboxylic acids is 2. The topological polar surface area (TPSA) is 71.4 Å². The molecule has 0 aromatic heterocycles. The Morgan fingerprint density at radius 1 is 1.03 bits per heavy atom. The number of methoxy groups -OCH3 is 2. The van der Waals surface area contributed by atoms with Gasteiger partial charge in [-0.05, 0) is 23.6 Å². The van der Waals surface area contributed by atoms with Crippen LogP contribution in [0.3, 0.4) is 0 Å². The van der Waals surface area contributed by atoms with Gasteiger partial charge >= 0.3 is 6.03 Å². The normalized spacial score (nSPS) is 18.5. The lowest BCUT2D eigenvalue weighted by atomic mass is 9.74. The van der Waals surface area contributed by atoms with Gasteiger partial charge in [-0.25, -0.2) is 4.79 Å². The molecular weight excluding hydrogens is 394 g/mol. The van der Waals surface area contributed by atoms with Crippen LogP contribution in [-0.4, -0.2) is 50.5 Å². The van der Waals surface area contributed by atoms with E-state index < -0.39 is 6.03 Å². The van der Waals surface area contributed by atoms with Gasteiger partial charge in [-0.1, -0.05) is 43.7 Å². The zero-order valence-electron chi connectivity index (χ0n) is 18.2. The second kappa shape index (κ2) is 8.41. The first-order valence-electron chi connectivity index (χ1n) is 10.4. The molecule has 2 aromatic carbocycles. The molecule has 2 heterocycles. The number of fused-ring (bicyclic) bond motifs is 2. The molecule has 0 spiro atoms. The van der Waals surface area contributed by atoms with Crippen molar-refractivity contribution in [2.24, 2.45) is 4.99 Å². The fraction of sp³-hybridized carbons (Fsp3) is 0.333. The smallest absolute Gasteiger partial charge is 0.351 e. The van der Waals surface area contributed by atoms with E-state index in [4.69, 9.17) is 9.47 Å². The number of hydrogen-bond donors (Lipinski definition) is 0. The molecule has 0 fully saturated rings. The van der Waals surface area contributed by atoms with Crippen molar-refractivity contribution in [1.29, 1.82) is 0 Å². The number of anilines is 1. The molecule has 0 saturated carbocycles. The Morgan fingerprint density at radius 2 is 1.71 bits per heavy atom. The fourth-order valence-electron chi connectivity index (χ4n) is 4.20. The van der Waals surface area contributed by atoms with Gasteiger partial charge < -0.3 is 14.4 Å². The monoisotopic (exact) mass is 420 g/mol. The summed E-state index contributed by atoms with van der Waals surface area (Å²) in [6.45, 7) is 2.73. The van der Waals surface area contributed by atoms with Gasteiger partial charge in [-0.15, -0.1) is 0 Å². The van der Waals surface area contributed by atoms with E-state index in [0.717, 1.165) is 34.6 Å². The lowest BCUT2D eigenvalue weighted by Gasteiger charge is -2.43. The second-order valence-electron chi connectivity index (χ2n) is 7.61. The molecule has 0 N–H and O–H groups in total. The Balaban J connectivity index is 2.02. The Bertz CT molecular complexity index is 1030. The number of aliphatic imine (C=N–C) groups is 1. The van der Waals surface area contributed by atoms with Crippen molar-refractivity contribution in [2.45, 2.75) is 25.7 Å². The van der Waals surface area contributed by atoms with Crippen molar-refractivity contribution < 1.29 is 19.1 Å². The van der Waals surface area contributed by atoms with Crippen molar-refractivity contribution >= 4 is 23.5 Å². The van der Waals surface area contributed by atoms with Crippen LogP contribution in [0.5, 0.6) is 11.5 Å². The van der Waals surface area contributed by atoms with Crippen LogP contribution in [0.1, 0.15) is 36.8 Å². The maximum absolute atomic E-state index is 13.4. The molecule has 1 unspecified atom stereocenters. The highest BCUT2D eigenvalue weighted by Crippen LogP contribution is 2.50. The predicted octanol–water partition coefficient (Wildman–Crippen LogP) is 4.02. The minimum atomic E-state index is -0.555. The average Bonchev–Trinajstić information content (AvgIpc) is 2.80. The van der Waals surface area contributed by atoms with Crippen molar-refractivity contribution in [1.82, 2.24) is 4.90 Å². The van der Waals surface area contributed by atoms with E-state index in [9.17, 15) is 9.59 Å². The summed E-state index contributed by atoms with van der Waals surface area (Å²) in [6.07, 6.45) is 1.85. The number of urea groups is 1. The highest BCUT2D eigenvalue weighted by Gasteiger charge is 2.49. The van der Waals surface area contributed by atoms with Gasteiger partial charge in [0.15, 0.2) is 11.5 Å². The third kappa shape index (κ3) is 3.44. The number of benzene rings is 2. The summed E-state index contributed by atoms with van der Waals surface area (Å²) in [5, 5.41) is 0. The van der Waals surface area contributed by atoms with Gasteiger partial charge in [0.1, 0.15) is 11.8 Å². The third-order valence-electron chi connectivity index (χ3n) is 5.81. The molecule has 3 amide bonds. The van der Waals surface area contributed by atoms with E-state index in [0.29, 0.717) is 29.8 Å². The molecule has 7 heteroatoms. The first kappa shape index (κ1) is 20.9. The summed E-state index contributed by atoms with van der Waals surface area (Å²) in [6, 6.07) is 13.1. The van der Waals surface area contributed by atoms with Crippen LogP contribution in [-0.2, 0) is 4.79 Å². The summed E-state index contributed by atoms with van der Waals surface area (Å²) in [5.74, 6) is 1.40. The van der Waals surface area contributed by atoms with Crippen LogP contribution in [0.4, 0.5) is 10.5 Å². The molecule has 0 saturated heterocycles. The molecule has 0 bridgehead atoms. The van der Waals surface area contributed by atoms with Crippen LogP contribution >= 0.6 is 0 Å². The van der Waals surface area contributed by atoms with Crippen molar-refractivity contribution in [3.05, 3.63) is 59.5 Å². The minimum Gasteiger partial charge on any atom is -0.493 e. The van der Waals surface area contributed by atoms with E-state index >= 15 is 0 Å². The molecule has 1 atom stereocenters. The number of rotatable bonds is 6. The lowest BCUT2D eigenvalue weighted by molar-refractivity contribution is -0.125. The molecule has 7 nitrogen and oxygen atoms in total. The van der Waals surface area contributed by atoms with Crippen molar-refractivity contribution in [3.63, 3.8) is 0 Å². The number of nitrogens with zero attached hydrogens (tertiary/aromatic N) is 3. The van der Waals surface area contributed by atoms with Crippen molar-refractivity contribution in [2.75, 3.05) is 32.7 Å². The summed E-state index contributed by atoms with van der Waals surface area (Å²) in [5.41, 5.74) is 2.74. The van der Waals surface area contributed by atoms with E-state index in [2.05, 4.69) is 11.9 Å². The zero-order valence-corrected chi connectivity index (χ0v) is 18.2. The van der Waals surface area contributed by atoms with Gasteiger partial charge in [0.25, 0.3) is 0 Å².